The first-order valence-electron chi connectivity index (χ1n) is 5.52. The molecule has 0 aromatic heterocycles. The lowest BCUT2D eigenvalue weighted by molar-refractivity contribution is 0.278. The first-order valence-corrected chi connectivity index (χ1v) is 6.05. The summed E-state index contributed by atoms with van der Waals surface area (Å²) in [6, 6.07) is 7.68. The van der Waals surface area contributed by atoms with Gasteiger partial charge in [0.05, 0.1) is 5.56 Å². The molecule has 5 heteroatoms. The van der Waals surface area contributed by atoms with Crippen molar-refractivity contribution in [1.82, 2.24) is 0 Å². The van der Waals surface area contributed by atoms with Crippen LogP contribution in [0.2, 0.25) is 0 Å². The summed E-state index contributed by atoms with van der Waals surface area (Å²) in [5.74, 6) is -1.96. The zero-order valence-corrected chi connectivity index (χ0v) is 10.6. The minimum Gasteiger partial charge on any atom is -0.486 e. The number of hydrogen-bond donors (Lipinski definition) is 0. The summed E-state index contributed by atoms with van der Waals surface area (Å²) in [7, 11) is 0. The Balaban J connectivity index is 2.15. The molecule has 0 saturated carbocycles. The fraction of sp³-hybridized carbons (Fsp3) is 0.143. The Bertz CT molecular complexity index is 567. The lowest BCUT2D eigenvalue weighted by Gasteiger charge is -2.09. The summed E-state index contributed by atoms with van der Waals surface area (Å²) in [5, 5.41) is 0. The van der Waals surface area contributed by atoms with Crippen molar-refractivity contribution in [3.63, 3.8) is 0 Å². The Kier molecular flexibility index (Phi) is 4.32. The monoisotopic (exact) mass is 286 g/mol. The highest BCUT2D eigenvalue weighted by Gasteiger charge is 2.11. The molecule has 0 radical (unpaired) electrons. The van der Waals surface area contributed by atoms with Crippen molar-refractivity contribution in [3.05, 3.63) is 65.0 Å². The Morgan fingerprint density at radius 3 is 2.21 bits per heavy atom. The molecule has 0 bridgehead atoms. The summed E-state index contributed by atoms with van der Waals surface area (Å²) < 4.78 is 45.3. The van der Waals surface area contributed by atoms with Crippen LogP contribution in [0.3, 0.4) is 0 Å². The van der Waals surface area contributed by atoms with Gasteiger partial charge in [-0.3, -0.25) is 0 Å². The fourth-order valence-electron chi connectivity index (χ4n) is 1.56. The molecular formula is C14H10ClF3O. The van der Waals surface area contributed by atoms with E-state index in [1.807, 2.05) is 0 Å². The van der Waals surface area contributed by atoms with Crippen molar-refractivity contribution in [2.45, 2.75) is 12.5 Å². The zero-order chi connectivity index (χ0) is 13.8. The maximum atomic E-state index is 13.6. The third-order valence-corrected chi connectivity index (χ3v) is 2.89. The number of alkyl halides is 1. The van der Waals surface area contributed by atoms with Crippen molar-refractivity contribution in [3.8, 4) is 5.75 Å². The van der Waals surface area contributed by atoms with Crippen molar-refractivity contribution >= 4 is 11.6 Å². The van der Waals surface area contributed by atoms with E-state index in [1.54, 1.807) is 6.07 Å². The number of hydrogen-bond acceptors (Lipinski definition) is 1. The molecule has 0 aliphatic heterocycles. The molecule has 0 N–H and O–H groups in total. The van der Waals surface area contributed by atoms with Crippen LogP contribution in [-0.4, -0.2) is 0 Å². The summed E-state index contributed by atoms with van der Waals surface area (Å²) in [5.41, 5.74) is 0.368. The van der Waals surface area contributed by atoms with E-state index < -0.39 is 17.5 Å². The maximum Gasteiger partial charge on any atom is 0.165 e. The molecule has 0 spiro atoms. The molecule has 0 atom stereocenters. The standard InChI is InChI=1S/C14H10ClF3O/c15-7-9-4-5-14(13(18)6-9)19-8-10-11(16)2-1-3-12(10)17/h1-6H,7-8H2. The van der Waals surface area contributed by atoms with E-state index in [0.717, 1.165) is 12.1 Å². The Morgan fingerprint density at radius 1 is 0.947 bits per heavy atom. The molecule has 0 aliphatic carbocycles. The van der Waals surface area contributed by atoms with E-state index in [4.69, 9.17) is 16.3 Å². The highest BCUT2D eigenvalue weighted by atomic mass is 35.5. The molecule has 0 unspecified atom stereocenters. The van der Waals surface area contributed by atoms with Gasteiger partial charge in [-0.25, -0.2) is 13.2 Å². The summed E-state index contributed by atoms with van der Waals surface area (Å²) in [6.45, 7) is -0.379. The molecule has 2 aromatic carbocycles. The van der Waals surface area contributed by atoms with E-state index in [2.05, 4.69) is 0 Å². The molecule has 1 nitrogen and oxygen atoms in total. The third kappa shape index (κ3) is 3.20. The van der Waals surface area contributed by atoms with Gasteiger partial charge in [0, 0.05) is 5.88 Å². The average Bonchev–Trinajstić information content (AvgIpc) is 2.39. The van der Waals surface area contributed by atoms with Gasteiger partial charge in [-0.2, -0.15) is 0 Å². The van der Waals surface area contributed by atoms with Crippen LogP contribution in [0.4, 0.5) is 13.2 Å². The quantitative estimate of drug-likeness (QED) is 0.756. The summed E-state index contributed by atoms with van der Waals surface area (Å²) in [4.78, 5) is 0. The van der Waals surface area contributed by atoms with Crippen molar-refractivity contribution in [2.75, 3.05) is 0 Å². The number of benzene rings is 2. The van der Waals surface area contributed by atoms with Crippen LogP contribution in [-0.2, 0) is 12.5 Å². The van der Waals surface area contributed by atoms with E-state index in [0.29, 0.717) is 5.56 Å². The second-order valence-electron chi connectivity index (χ2n) is 3.89. The first-order chi connectivity index (χ1) is 9.11. The van der Waals surface area contributed by atoms with Crippen LogP contribution in [0, 0.1) is 17.5 Å². The van der Waals surface area contributed by atoms with Crippen LogP contribution >= 0.6 is 11.6 Å². The minimum atomic E-state index is -0.724. The van der Waals surface area contributed by atoms with Gasteiger partial charge in [-0.1, -0.05) is 12.1 Å². The minimum absolute atomic E-state index is 0.0727. The van der Waals surface area contributed by atoms with Crippen LogP contribution in [0.1, 0.15) is 11.1 Å². The van der Waals surface area contributed by atoms with Gasteiger partial charge >= 0.3 is 0 Å². The summed E-state index contributed by atoms with van der Waals surface area (Å²) >= 11 is 5.56. The predicted molar refractivity (Wildman–Crippen MR) is 66.6 cm³/mol. The third-order valence-electron chi connectivity index (χ3n) is 2.58. The number of halogens is 4. The normalized spacial score (nSPS) is 10.5. The van der Waals surface area contributed by atoms with Crippen LogP contribution < -0.4 is 4.74 Å². The second-order valence-corrected chi connectivity index (χ2v) is 4.15. The lowest BCUT2D eigenvalue weighted by Crippen LogP contribution is -2.03. The molecule has 19 heavy (non-hydrogen) atoms. The summed E-state index contributed by atoms with van der Waals surface area (Å²) in [6.07, 6.45) is 0. The Labute approximate surface area is 113 Å². The van der Waals surface area contributed by atoms with Gasteiger partial charge in [0.15, 0.2) is 11.6 Å². The van der Waals surface area contributed by atoms with E-state index in [9.17, 15) is 13.2 Å². The Hall–Kier alpha value is -1.68. The maximum absolute atomic E-state index is 13.6. The second kappa shape index (κ2) is 5.97. The molecule has 0 heterocycles. The highest BCUT2D eigenvalue weighted by Crippen LogP contribution is 2.22. The zero-order valence-electron chi connectivity index (χ0n) is 9.80. The van der Waals surface area contributed by atoms with Gasteiger partial charge in [0.2, 0.25) is 0 Å². The molecule has 0 amide bonds. The highest BCUT2D eigenvalue weighted by molar-refractivity contribution is 6.17. The molecule has 0 saturated heterocycles. The van der Waals surface area contributed by atoms with Crippen molar-refractivity contribution < 1.29 is 17.9 Å². The van der Waals surface area contributed by atoms with Gasteiger partial charge in [-0.15, -0.1) is 11.6 Å². The van der Waals surface area contributed by atoms with E-state index >= 15 is 0 Å². The molecular weight excluding hydrogens is 277 g/mol. The predicted octanol–water partition coefficient (Wildman–Crippen LogP) is 4.42. The van der Waals surface area contributed by atoms with Gasteiger partial charge in [0.25, 0.3) is 0 Å². The van der Waals surface area contributed by atoms with E-state index in [1.165, 1.54) is 18.2 Å². The Morgan fingerprint density at radius 2 is 1.63 bits per heavy atom. The fourth-order valence-corrected chi connectivity index (χ4v) is 1.73. The topological polar surface area (TPSA) is 9.23 Å². The van der Waals surface area contributed by atoms with Crippen LogP contribution in [0.25, 0.3) is 0 Å². The van der Waals surface area contributed by atoms with Crippen molar-refractivity contribution in [2.24, 2.45) is 0 Å². The lowest BCUT2D eigenvalue weighted by atomic mass is 10.2. The number of rotatable bonds is 4. The van der Waals surface area contributed by atoms with Gasteiger partial charge < -0.3 is 4.74 Å². The van der Waals surface area contributed by atoms with Gasteiger partial charge in [0.1, 0.15) is 18.2 Å². The first kappa shape index (κ1) is 13.7. The molecule has 100 valence electrons. The van der Waals surface area contributed by atoms with Gasteiger partial charge in [-0.05, 0) is 29.8 Å². The molecule has 2 aromatic rings. The molecule has 0 fully saturated rings. The van der Waals surface area contributed by atoms with E-state index in [-0.39, 0.29) is 23.8 Å². The smallest absolute Gasteiger partial charge is 0.165 e. The molecule has 0 aliphatic rings. The van der Waals surface area contributed by atoms with Crippen LogP contribution in [0.5, 0.6) is 5.75 Å². The largest absolute Gasteiger partial charge is 0.486 e. The van der Waals surface area contributed by atoms with Crippen molar-refractivity contribution in [1.29, 1.82) is 0 Å². The number of ether oxygens (including phenoxy) is 1. The molecule has 2 rings (SSSR count). The van der Waals surface area contributed by atoms with Crippen LogP contribution in [0.15, 0.2) is 36.4 Å². The SMILES string of the molecule is Fc1cc(CCl)ccc1OCc1c(F)cccc1F. The average molecular weight is 287 g/mol.